The number of esters is 1. The molecule has 0 spiro atoms. The van der Waals surface area contributed by atoms with Gasteiger partial charge in [-0.25, -0.2) is 14.0 Å². The highest BCUT2D eigenvalue weighted by Crippen LogP contribution is 2.34. The largest absolute Gasteiger partial charge is 0.465 e. The number of ether oxygens (including phenoxy) is 1. The van der Waals surface area contributed by atoms with Crippen molar-refractivity contribution in [3.05, 3.63) is 71.0 Å². The number of piperidine rings is 1. The molecule has 2 saturated heterocycles. The molecule has 2 aromatic carbocycles. The standard InChI is InChI=1S/C25H26FN3O5/c1-25(23(32)29(24(33)27-25)15-16-3-9-20(26)10-4-16)19-11-13-28(14-12-19)21(30)17-5-7-18(8-6-17)22(31)34-2/h3-10,19H,11-15H2,1-2H3,(H,27,33). The lowest BCUT2D eigenvalue weighted by Crippen LogP contribution is -2.54. The molecule has 9 heteroatoms. The molecule has 2 fully saturated rings. The Kier molecular flexibility index (Phi) is 6.37. The number of nitrogens with zero attached hydrogens (tertiary/aromatic N) is 2. The number of benzene rings is 2. The normalized spacial score (nSPS) is 20.9. The van der Waals surface area contributed by atoms with Crippen LogP contribution in [0.1, 0.15) is 46.0 Å². The fourth-order valence-electron chi connectivity index (χ4n) is 4.62. The molecular formula is C25H26FN3O5. The van der Waals surface area contributed by atoms with Crippen molar-refractivity contribution in [1.29, 1.82) is 0 Å². The number of hydrogen-bond donors (Lipinski definition) is 1. The molecule has 4 rings (SSSR count). The molecule has 2 heterocycles. The van der Waals surface area contributed by atoms with E-state index >= 15 is 0 Å². The van der Waals surface area contributed by atoms with E-state index in [1.54, 1.807) is 48.2 Å². The number of carbonyl (C=O) groups excluding carboxylic acids is 4. The van der Waals surface area contributed by atoms with E-state index in [2.05, 4.69) is 10.1 Å². The van der Waals surface area contributed by atoms with Crippen LogP contribution in [0.25, 0.3) is 0 Å². The van der Waals surface area contributed by atoms with Gasteiger partial charge in [0, 0.05) is 18.7 Å². The zero-order valence-electron chi connectivity index (χ0n) is 19.0. The monoisotopic (exact) mass is 467 g/mol. The Morgan fingerprint density at radius 3 is 2.21 bits per heavy atom. The number of urea groups is 1. The van der Waals surface area contributed by atoms with Crippen molar-refractivity contribution in [3.8, 4) is 0 Å². The van der Waals surface area contributed by atoms with Crippen LogP contribution in [0, 0.1) is 11.7 Å². The highest BCUT2D eigenvalue weighted by molar-refractivity contribution is 6.07. The summed E-state index contributed by atoms with van der Waals surface area (Å²) in [6.07, 6.45) is 1.11. The highest BCUT2D eigenvalue weighted by Gasteiger charge is 2.52. The molecule has 1 unspecified atom stereocenters. The summed E-state index contributed by atoms with van der Waals surface area (Å²) in [5.41, 5.74) is 0.432. The third-order valence-electron chi connectivity index (χ3n) is 6.71. The highest BCUT2D eigenvalue weighted by atomic mass is 19.1. The van der Waals surface area contributed by atoms with Crippen molar-refractivity contribution in [2.75, 3.05) is 20.2 Å². The van der Waals surface area contributed by atoms with E-state index in [1.165, 1.54) is 19.2 Å². The smallest absolute Gasteiger partial charge is 0.337 e. The van der Waals surface area contributed by atoms with Gasteiger partial charge in [0.25, 0.3) is 11.8 Å². The summed E-state index contributed by atoms with van der Waals surface area (Å²) >= 11 is 0. The molecule has 178 valence electrons. The van der Waals surface area contributed by atoms with Gasteiger partial charge in [-0.2, -0.15) is 0 Å². The molecule has 8 nitrogen and oxygen atoms in total. The van der Waals surface area contributed by atoms with Crippen LogP contribution in [0.2, 0.25) is 0 Å². The van der Waals surface area contributed by atoms with E-state index in [9.17, 15) is 23.6 Å². The zero-order chi connectivity index (χ0) is 24.5. The Morgan fingerprint density at radius 1 is 1.03 bits per heavy atom. The van der Waals surface area contributed by atoms with E-state index in [-0.39, 0.29) is 30.1 Å². The van der Waals surface area contributed by atoms with Gasteiger partial charge < -0.3 is 15.0 Å². The third-order valence-corrected chi connectivity index (χ3v) is 6.71. The maximum Gasteiger partial charge on any atom is 0.337 e. The first-order valence-electron chi connectivity index (χ1n) is 11.1. The molecule has 1 atom stereocenters. The molecule has 0 radical (unpaired) electrons. The average molecular weight is 467 g/mol. The summed E-state index contributed by atoms with van der Waals surface area (Å²) in [6, 6.07) is 11.5. The van der Waals surface area contributed by atoms with Gasteiger partial charge in [0.15, 0.2) is 0 Å². The second-order valence-corrected chi connectivity index (χ2v) is 8.79. The van der Waals surface area contributed by atoms with Gasteiger partial charge in [-0.1, -0.05) is 12.1 Å². The Bertz CT molecular complexity index is 1110. The van der Waals surface area contributed by atoms with Crippen LogP contribution < -0.4 is 5.32 Å². The maximum absolute atomic E-state index is 13.2. The van der Waals surface area contributed by atoms with Gasteiger partial charge in [-0.3, -0.25) is 14.5 Å². The molecule has 34 heavy (non-hydrogen) atoms. The zero-order valence-corrected chi connectivity index (χ0v) is 19.0. The fourth-order valence-corrected chi connectivity index (χ4v) is 4.62. The minimum Gasteiger partial charge on any atom is -0.465 e. The van der Waals surface area contributed by atoms with Gasteiger partial charge in [0.2, 0.25) is 0 Å². The van der Waals surface area contributed by atoms with Gasteiger partial charge >= 0.3 is 12.0 Å². The van der Waals surface area contributed by atoms with Gasteiger partial charge in [-0.05, 0) is 67.6 Å². The third kappa shape index (κ3) is 4.37. The van der Waals surface area contributed by atoms with Crippen molar-refractivity contribution in [1.82, 2.24) is 15.1 Å². The van der Waals surface area contributed by atoms with Gasteiger partial charge in [0.1, 0.15) is 11.4 Å². The minimum atomic E-state index is -1.06. The number of rotatable bonds is 5. The summed E-state index contributed by atoms with van der Waals surface area (Å²) in [5.74, 6) is -1.45. The molecule has 2 aliphatic heterocycles. The Hall–Kier alpha value is -3.75. The van der Waals surface area contributed by atoms with Gasteiger partial charge in [-0.15, -0.1) is 0 Å². The molecule has 0 saturated carbocycles. The summed E-state index contributed by atoms with van der Waals surface area (Å²) < 4.78 is 17.8. The Morgan fingerprint density at radius 2 is 1.62 bits per heavy atom. The van der Waals surface area contributed by atoms with Crippen LogP contribution >= 0.6 is 0 Å². The molecular weight excluding hydrogens is 441 g/mol. The Balaban J connectivity index is 1.38. The minimum absolute atomic E-state index is 0.0689. The lowest BCUT2D eigenvalue weighted by atomic mass is 9.78. The van der Waals surface area contributed by atoms with Crippen LogP contribution in [0.15, 0.2) is 48.5 Å². The molecule has 1 N–H and O–H groups in total. The van der Waals surface area contributed by atoms with E-state index in [0.29, 0.717) is 42.6 Å². The first-order valence-corrected chi connectivity index (χ1v) is 11.1. The molecule has 2 aromatic rings. The van der Waals surface area contributed by atoms with Crippen molar-refractivity contribution < 1.29 is 28.3 Å². The first kappa shape index (κ1) is 23.4. The number of nitrogens with one attached hydrogen (secondary N) is 1. The predicted molar refractivity (Wildman–Crippen MR) is 120 cm³/mol. The maximum atomic E-state index is 13.2. The number of likely N-dealkylation sites (tertiary alicyclic amines) is 1. The van der Waals surface area contributed by atoms with Crippen LogP contribution in [0.4, 0.5) is 9.18 Å². The van der Waals surface area contributed by atoms with Crippen LogP contribution in [0.3, 0.4) is 0 Å². The van der Waals surface area contributed by atoms with Crippen LogP contribution in [0.5, 0.6) is 0 Å². The topological polar surface area (TPSA) is 96.0 Å². The van der Waals surface area contributed by atoms with E-state index in [1.807, 2.05) is 0 Å². The SMILES string of the molecule is COC(=O)c1ccc(C(=O)N2CCC(C3(C)NC(=O)N(Cc4ccc(F)cc4)C3=O)CC2)cc1. The van der Waals surface area contributed by atoms with Crippen molar-refractivity contribution in [2.24, 2.45) is 5.92 Å². The summed E-state index contributed by atoms with van der Waals surface area (Å²) in [7, 11) is 1.30. The second kappa shape index (κ2) is 9.24. The number of hydrogen-bond acceptors (Lipinski definition) is 5. The van der Waals surface area contributed by atoms with Crippen LogP contribution in [-0.4, -0.2) is 59.4 Å². The quantitative estimate of drug-likeness (QED) is 0.539. The second-order valence-electron chi connectivity index (χ2n) is 8.79. The summed E-state index contributed by atoms with van der Waals surface area (Å²) in [5, 5.41) is 2.85. The number of carbonyl (C=O) groups is 4. The summed E-state index contributed by atoms with van der Waals surface area (Å²) in [4.78, 5) is 53.1. The van der Waals surface area contributed by atoms with Crippen molar-refractivity contribution in [2.45, 2.75) is 31.8 Å². The molecule has 0 aromatic heterocycles. The summed E-state index contributed by atoms with van der Waals surface area (Å²) in [6.45, 7) is 2.68. The Labute approximate surface area is 196 Å². The lowest BCUT2D eigenvalue weighted by Gasteiger charge is -2.39. The average Bonchev–Trinajstić information content (AvgIpc) is 3.08. The first-order chi connectivity index (χ1) is 16.2. The van der Waals surface area contributed by atoms with Crippen molar-refractivity contribution in [3.63, 3.8) is 0 Å². The molecule has 0 bridgehead atoms. The number of halogens is 1. The number of amides is 4. The number of methoxy groups -OCH3 is 1. The van der Waals surface area contributed by atoms with E-state index in [0.717, 1.165) is 4.90 Å². The molecule has 4 amide bonds. The van der Waals surface area contributed by atoms with E-state index in [4.69, 9.17) is 0 Å². The fraction of sp³-hybridized carbons (Fsp3) is 0.360. The van der Waals surface area contributed by atoms with Crippen molar-refractivity contribution >= 4 is 23.8 Å². The van der Waals surface area contributed by atoms with Gasteiger partial charge in [0.05, 0.1) is 19.2 Å². The molecule has 2 aliphatic rings. The lowest BCUT2D eigenvalue weighted by molar-refractivity contribution is -0.133. The predicted octanol–water partition coefficient (Wildman–Crippen LogP) is 2.98. The molecule has 0 aliphatic carbocycles. The number of imide groups is 1. The van der Waals surface area contributed by atoms with Crippen LogP contribution in [-0.2, 0) is 16.1 Å². The van der Waals surface area contributed by atoms with E-state index < -0.39 is 17.5 Å².